The maximum Gasteiger partial charge on any atom is 0.272 e. The van der Waals surface area contributed by atoms with Crippen LogP contribution in [0.25, 0.3) is 16.0 Å². The average Bonchev–Trinajstić information content (AvgIpc) is 3.41. The number of benzene rings is 1. The standard InChI is InChI=1S/C24H29N5O2S/c1-16(2)15-28-23(31)22-19(13-14-32-22)29-20(26-27-24(28)29)11-12-21(30)25-17(3)9-10-18-7-5-4-6-8-18/h4-8,13-14,16-17H,9-12,15H2,1-3H3,(H,25,30). The van der Waals surface area contributed by atoms with Crippen LogP contribution in [0.1, 0.15) is 45.0 Å². The number of nitrogens with zero attached hydrogens (tertiary/aromatic N) is 4. The Balaban J connectivity index is 1.46. The summed E-state index contributed by atoms with van der Waals surface area (Å²) in [5.41, 5.74) is 2.06. The summed E-state index contributed by atoms with van der Waals surface area (Å²) in [6, 6.07) is 12.3. The molecule has 8 heteroatoms. The van der Waals surface area contributed by atoms with E-state index in [0.717, 1.165) is 18.4 Å². The van der Waals surface area contributed by atoms with Gasteiger partial charge in [0, 0.05) is 25.4 Å². The molecule has 1 atom stereocenters. The molecule has 4 rings (SSSR count). The van der Waals surface area contributed by atoms with Gasteiger partial charge in [0.2, 0.25) is 11.7 Å². The van der Waals surface area contributed by atoms with Gasteiger partial charge in [0.15, 0.2) is 0 Å². The van der Waals surface area contributed by atoms with Crippen molar-refractivity contribution in [1.29, 1.82) is 0 Å². The second-order valence-electron chi connectivity index (χ2n) is 8.69. The van der Waals surface area contributed by atoms with E-state index in [1.165, 1.54) is 16.9 Å². The van der Waals surface area contributed by atoms with Crippen molar-refractivity contribution >= 4 is 33.2 Å². The van der Waals surface area contributed by atoms with Crippen molar-refractivity contribution in [3.8, 4) is 0 Å². The number of aromatic nitrogens is 4. The second-order valence-corrected chi connectivity index (χ2v) is 9.61. The first kappa shape index (κ1) is 22.2. The van der Waals surface area contributed by atoms with Crippen molar-refractivity contribution in [1.82, 2.24) is 24.5 Å². The van der Waals surface area contributed by atoms with E-state index in [9.17, 15) is 9.59 Å². The molecule has 32 heavy (non-hydrogen) atoms. The molecule has 0 aliphatic rings. The molecule has 1 amide bonds. The van der Waals surface area contributed by atoms with Crippen LogP contribution in [-0.4, -0.2) is 31.1 Å². The number of thiophene rings is 1. The Hall–Kier alpha value is -3.00. The summed E-state index contributed by atoms with van der Waals surface area (Å²) in [6.45, 7) is 6.75. The molecule has 0 radical (unpaired) electrons. The lowest BCUT2D eigenvalue weighted by Crippen LogP contribution is -2.33. The molecule has 0 aliphatic heterocycles. The van der Waals surface area contributed by atoms with Gasteiger partial charge in [-0.3, -0.25) is 18.6 Å². The first-order valence-electron chi connectivity index (χ1n) is 11.1. The summed E-state index contributed by atoms with van der Waals surface area (Å²) in [5.74, 6) is 1.55. The first-order valence-corrected chi connectivity index (χ1v) is 12.0. The van der Waals surface area contributed by atoms with Crippen LogP contribution in [-0.2, 0) is 24.2 Å². The minimum absolute atomic E-state index is 0.000578. The van der Waals surface area contributed by atoms with E-state index in [-0.39, 0.29) is 17.5 Å². The van der Waals surface area contributed by atoms with Crippen molar-refractivity contribution in [2.24, 2.45) is 5.92 Å². The van der Waals surface area contributed by atoms with Crippen molar-refractivity contribution in [2.45, 2.75) is 59.0 Å². The van der Waals surface area contributed by atoms with E-state index < -0.39 is 0 Å². The monoisotopic (exact) mass is 451 g/mol. The number of fused-ring (bicyclic) bond motifs is 3. The molecule has 7 nitrogen and oxygen atoms in total. The predicted molar refractivity (Wildman–Crippen MR) is 128 cm³/mol. The maximum atomic E-state index is 12.9. The highest BCUT2D eigenvalue weighted by Crippen LogP contribution is 2.21. The number of rotatable bonds is 9. The number of carbonyl (C=O) groups is 1. The summed E-state index contributed by atoms with van der Waals surface area (Å²) >= 11 is 1.43. The number of amides is 1. The summed E-state index contributed by atoms with van der Waals surface area (Å²) in [7, 11) is 0. The number of carbonyl (C=O) groups excluding carboxylic acids is 1. The minimum atomic E-state index is -0.0277. The molecule has 3 heterocycles. The van der Waals surface area contributed by atoms with Crippen molar-refractivity contribution < 1.29 is 4.79 Å². The highest BCUT2D eigenvalue weighted by Gasteiger charge is 2.19. The zero-order valence-corrected chi connectivity index (χ0v) is 19.6. The van der Waals surface area contributed by atoms with Crippen LogP contribution in [0.4, 0.5) is 0 Å². The molecular formula is C24H29N5O2S. The Morgan fingerprint density at radius 1 is 1.09 bits per heavy atom. The van der Waals surface area contributed by atoms with Gasteiger partial charge in [0.25, 0.3) is 5.56 Å². The van der Waals surface area contributed by atoms with Gasteiger partial charge in [0.05, 0.1) is 5.52 Å². The largest absolute Gasteiger partial charge is 0.354 e. The molecule has 168 valence electrons. The molecule has 0 aliphatic carbocycles. The lowest BCUT2D eigenvalue weighted by Gasteiger charge is -2.14. The van der Waals surface area contributed by atoms with Crippen LogP contribution in [0.15, 0.2) is 46.6 Å². The molecule has 0 fully saturated rings. The smallest absolute Gasteiger partial charge is 0.272 e. The molecule has 1 aromatic carbocycles. The van der Waals surface area contributed by atoms with E-state index in [4.69, 9.17) is 0 Å². The van der Waals surface area contributed by atoms with Crippen LogP contribution in [0.2, 0.25) is 0 Å². The van der Waals surface area contributed by atoms with Gasteiger partial charge in [-0.1, -0.05) is 44.2 Å². The lowest BCUT2D eigenvalue weighted by atomic mass is 10.1. The van der Waals surface area contributed by atoms with Gasteiger partial charge < -0.3 is 5.32 Å². The fraction of sp³-hybridized carbons (Fsp3) is 0.417. The average molecular weight is 452 g/mol. The minimum Gasteiger partial charge on any atom is -0.354 e. The van der Waals surface area contributed by atoms with Crippen molar-refractivity contribution in [3.63, 3.8) is 0 Å². The zero-order valence-electron chi connectivity index (χ0n) is 18.7. The van der Waals surface area contributed by atoms with Crippen LogP contribution in [0.5, 0.6) is 0 Å². The van der Waals surface area contributed by atoms with Crippen LogP contribution in [0.3, 0.4) is 0 Å². The van der Waals surface area contributed by atoms with Gasteiger partial charge in [0.1, 0.15) is 10.5 Å². The summed E-state index contributed by atoms with van der Waals surface area (Å²) in [6.07, 6.45) is 2.61. The van der Waals surface area contributed by atoms with Crippen molar-refractivity contribution in [2.75, 3.05) is 0 Å². The quantitative estimate of drug-likeness (QED) is 0.419. The lowest BCUT2D eigenvalue weighted by molar-refractivity contribution is -0.121. The SMILES string of the molecule is CC(C)Cn1c(=O)c2sccc2n2c(CCC(=O)NC(C)CCc3ccccc3)nnc12. The summed E-state index contributed by atoms with van der Waals surface area (Å²) in [4.78, 5) is 25.5. The first-order chi connectivity index (χ1) is 15.4. The number of aryl methyl sites for hydroxylation is 2. The van der Waals surface area contributed by atoms with Crippen LogP contribution in [0, 0.1) is 5.92 Å². The topological polar surface area (TPSA) is 81.3 Å². The van der Waals surface area contributed by atoms with Crippen LogP contribution >= 0.6 is 11.3 Å². The molecule has 0 bridgehead atoms. The van der Waals surface area contributed by atoms with E-state index in [1.54, 1.807) is 4.57 Å². The van der Waals surface area contributed by atoms with Crippen molar-refractivity contribution in [3.05, 3.63) is 63.5 Å². The fourth-order valence-corrected chi connectivity index (χ4v) is 4.77. The highest BCUT2D eigenvalue weighted by molar-refractivity contribution is 7.17. The van der Waals surface area contributed by atoms with Gasteiger partial charge in [-0.15, -0.1) is 21.5 Å². The molecule has 1 N–H and O–H groups in total. The second kappa shape index (κ2) is 9.65. The zero-order chi connectivity index (χ0) is 22.7. The van der Waals surface area contributed by atoms with E-state index in [1.807, 2.05) is 41.0 Å². The molecule has 4 aromatic rings. The number of hydrogen-bond donors (Lipinski definition) is 1. The van der Waals surface area contributed by atoms with E-state index >= 15 is 0 Å². The summed E-state index contributed by atoms with van der Waals surface area (Å²) < 4.78 is 4.33. The maximum absolute atomic E-state index is 12.9. The van der Waals surface area contributed by atoms with Gasteiger partial charge >= 0.3 is 0 Å². The highest BCUT2D eigenvalue weighted by atomic mass is 32.1. The molecule has 0 saturated heterocycles. The Morgan fingerprint density at radius 2 is 1.88 bits per heavy atom. The Bertz CT molecular complexity index is 1270. The molecule has 0 saturated carbocycles. The number of nitrogens with one attached hydrogen (secondary N) is 1. The Morgan fingerprint density at radius 3 is 2.62 bits per heavy atom. The third kappa shape index (κ3) is 4.75. The third-order valence-electron chi connectivity index (χ3n) is 5.52. The Kier molecular flexibility index (Phi) is 6.69. The fourth-order valence-electron chi connectivity index (χ4n) is 3.94. The van der Waals surface area contributed by atoms with Gasteiger partial charge in [-0.2, -0.15) is 0 Å². The Labute approximate surface area is 191 Å². The molecule has 3 aromatic heterocycles. The van der Waals surface area contributed by atoms with Gasteiger partial charge in [-0.05, 0) is 42.7 Å². The third-order valence-corrected chi connectivity index (χ3v) is 6.41. The predicted octanol–water partition coefficient (Wildman–Crippen LogP) is 3.83. The normalized spacial score (nSPS) is 12.6. The van der Waals surface area contributed by atoms with Crippen LogP contribution < -0.4 is 10.9 Å². The number of hydrogen-bond acceptors (Lipinski definition) is 5. The molecule has 0 spiro atoms. The van der Waals surface area contributed by atoms with E-state index in [2.05, 4.69) is 41.5 Å². The molecular weight excluding hydrogens is 422 g/mol. The molecule has 1 unspecified atom stereocenters. The van der Waals surface area contributed by atoms with E-state index in [0.29, 0.717) is 41.6 Å². The summed E-state index contributed by atoms with van der Waals surface area (Å²) in [5, 5.41) is 13.7. The van der Waals surface area contributed by atoms with Gasteiger partial charge in [-0.25, -0.2) is 0 Å².